The lowest BCUT2D eigenvalue weighted by atomic mass is 10.1. The first-order valence-electron chi connectivity index (χ1n) is 8.76. The Morgan fingerprint density at radius 3 is 2.74 bits per heavy atom. The van der Waals surface area contributed by atoms with Crippen LogP contribution in [0.4, 0.5) is 11.4 Å². The van der Waals surface area contributed by atoms with Crippen LogP contribution in [0.15, 0.2) is 54.7 Å². The molecule has 2 heterocycles. The third kappa shape index (κ3) is 3.57. The molecule has 2 aromatic carbocycles. The Bertz CT molecular complexity index is 997. The molecular formula is C20H19N5O2. The van der Waals surface area contributed by atoms with Crippen molar-refractivity contribution in [3.8, 4) is 11.3 Å². The first-order valence-corrected chi connectivity index (χ1v) is 8.76. The highest BCUT2D eigenvalue weighted by Crippen LogP contribution is 2.30. The summed E-state index contributed by atoms with van der Waals surface area (Å²) in [5.41, 5.74) is 4.38. The Morgan fingerprint density at radius 2 is 1.96 bits per heavy atom. The van der Waals surface area contributed by atoms with E-state index in [9.17, 15) is 9.59 Å². The average Bonchev–Trinajstić information content (AvgIpc) is 3.29. The van der Waals surface area contributed by atoms with Crippen molar-refractivity contribution in [1.29, 1.82) is 0 Å². The second-order valence-electron chi connectivity index (χ2n) is 6.48. The minimum Gasteiger partial charge on any atom is -0.324 e. The van der Waals surface area contributed by atoms with Gasteiger partial charge in [-0.1, -0.05) is 35.5 Å². The fraction of sp³-hybridized carbons (Fsp3) is 0.200. The van der Waals surface area contributed by atoms with Gasteiger partial charge in [0.25, 0.3) is 0 Å². The molecular weight excluding hydrogens is 342 g/mol. The van der Waals surface area contributed by atoms with Crippen LogP contribution in [0.5, 0.6) is 0 Å². The number of benzene rings is 2. The van der Waals surface area contributed by atoms with E-state index in [1.165, 1.54) is 4.68 Å². The van der Waals surface area contributed by atoms with Crippen molar-refractivity contribution in [2.24, 2.45) is 0 Å². The van der Waals surface area contributed by atoms with Gasteiger partial charge in [0.15, 0.2) is 0 Å². The molecule has 0 spiro atoms. The van der Waals surface area contributed by atoms with E-state index in [1.54, 1.807) is 18.0 Å². The van der Waals surface area contributed by atoms with Crippen LogP contribution < -0.4 is 10.2 Å². The van der Waals surface area contributed by atoms with Crippen molar-refractivity contribution in [2.45, 2.75) is 19.9 Å². The lowest BCUT2D eigenvalue weighted by molar-refractivity contribution is -0.117. The van der Waals surface area contributed by atoms with Gasteiger partial charge in [-0.3, -0.25) is 9.59 Å². The second-order valence-corrected chi connectivity index (χ2v) is 6.48. The van der Waals surface area contributed by atoms with E-state index in [-0.39, 0.29) is 18.4 Å². The summed E-state index contributed by atoms with van der Waals surface area (Å²) >= 11 is 0. The molecule has 0 aliphatic carbocycles. The molecule has 0 atom stereocenters. The Kier molecular flexibility index (Phi) is 4.42. The number of carbonyl (C=O) groups is 2. The molecule has 0 fully saturated rings. The van der Waals surface area contributed by atoms with Crippen LogP contribution in [0.3, 0.4) is 0 Å². The smallest absolute Gasteiger partial charge is 0.246 e. The zero-order chi connectivity index (χ0) is 18.8. The number of aromatic nitrogens is 3. The molecule has 27 heavy (non-hydrogen) atoms. The summed E-state index contributed by atoms with van der Waals surface area (Å²) in [7, 11) is 0. The lowest BCUT2D eigenvalue weighted by Crippen LogP contribution is -2.25. The minimum absolute atomic E-state index is 0.0333. The van der Waals surface area contributed by atoms with Gasteiger partial charge < -0.3 is 10.2 Å². The number of fused-ring (bicyclic) bond motifs is 1. The number of carbonyl (C=O) groups excluding carboxylic acids is 2. The van der Waals surface area contributed by atoms with Gasteiger partial charge in [-0.25, -0.2) is 4.68 Å². The van der Waals surface area contributed by atoms with E-state index in [0.717, 1.165) is 28.9 Å². The fourth-order valence-electron chi connectivity index (χ4n) is 3.27. The molecule has 0 bridgehead atoms. The van der Waals surface area contributed by atoms with Crippen molar-refractivity contribution in [1.82, 2.24) is 15.0 Å². The Hall–Kier alpha value is -3.48. The van der Waals surface area contributed by atoms with Crippen molar-refractivity contribution < 1.29 is 9.59 Å². The molecule has 4 rings (SSSR count). The molecule has 3 aromatic rings. The number of nitrogens with one attached hydrogen (secondary N) is 1. The van der Waals surface area contributed by atoms with Gasteiger partial charge in [0.1, 0.15) is 12.2 Å². The van der Waals surface area contributed by atoms with Crippen molar-refractivity contribution in [3.05, 3.63) is 60.3 Å². The quantitative estimate of drug-likeness (QED) is 0.774. The van der Waals surface area contributed by atoms with Crippen molar-refractivity contribution >= 4 is 23.2 Å². The van der Waals surface area contributed by atoms with E-state index in [0.29, 0.717) is 12.2 Å². The summed E-state index contributed by atoms with van der Waals surface area (Å²) in [4.78, 5) is 25.7. The first kappa shape index (κ1) is 17.0. The molecule has 136 valence electrons. The lowest BCUT2D eigenvalue weighted by Gasteiger charge is -2.15. The van der Waals surface area contributed by atoms with Crippen molar-refractivity contribution in [3.63, 3.8) is 0 Å². The van der Waals surface area contributed by atoms with Gasteiger partial charge >= 0.3 is 0 Å². The summed E-state index contributed by atoms with van der Waals surface area (Å²) < 4.78 is 1.52. The maximum atomic E-state index is 12.3. The number of nitrogens with zero attached hydrogens (tertiary/aromatic N) is 4. The Labute approximate surface area is 156 Å². The predicted octanol–water partition coefficient (Wildman–Crippen LogP) is 2.49. The summed E-state index contributed by atoms with van der Waals surface area (Å²) in [6, 6.07) is 15.3. The maximum Gasteiger partial charge on any atom is 0.246 e. The highest BCUT2D eigenvalue weighted by molar-refractivity contribution is 5.95. The van der Waals surface area contributed by atoms with E-state index in [2.05, 4.69) is 15.6 Å². The number of amides is 2. The molecule has 7 nitrogen and oxygen atoms in total. The molecule has 0 radical (unpaired) electrons. The molecule has 0 unspecified atom stereocenters. The van der Waals surface area contributed by atoms with Gasteiger partial charge in [0, 0.05) is 30.4 Å². The normalized spacial score (nSPS) is 12.7. The third-order valence-corrected chi connectivity index (χ3v) is 4.55. The molecule has 7 heteroatoms. The second kappa shape index (κ2) is 7.03. The zero-order valence-electron chi connectivity index (χ0n) is 14.9. The molecule has 1 aliphatic heterocycles. The summed E-state index contributed by atoms with van der Waals surface area (Å²) in [6.07, 6.45) is 2.55. The number of hydrogen-bond acceptors (Lipinski definition) is 4. The monoisotopic (exact) mass is 361 g/mol. The molecule has 1 aliphatic rings. The molecule has 2 amide bonds. The molecule has 0 saturated carbocycles. The number of rotatable bonds is 4. The van der Waals surface area contributed by atoms with Crippen LogP contribution in [-0.4, -0.2) is 33.4 Å². The number of hydrogen-bond donors (Lipinski definition) is 1. The summed E-state index contributed by atoms with van der Waals surface area (Å²) in [6.45, 7) is 2.33. The van der Waals surface area contributed by atoms with E-state index in [1.807, 2.05) is 48.5 Å². The standard InChI is InChI=1S/C20H19N5O2/c1-14(26)25-10-9-16-11-17(7-8-19(16)25)21-20(27)13-24-12-18(22-23-24)15-5-3-2-4-6-15/h2-8,11-12H,9-10,13H2,1H3,(H,21,27). The van der Waals surface area contributed by atoms with Gasteiger partial charge in [-0.05, 0) is 30.2 Å². The highest BCUT2D eigenvalue weighted by Gasteiger charge is 2.22. The van der Waals surface area contributed by atoms with Crippen LogP contribution in [0, 0.1) is 0 Å². The van der Waals surface area contributed by atoms with Gasteiger partial charge in [-0.15, -0.1) is 5.10 Å². The van der Waals surface area contributed by atoms with Crippen LogP contribution in [0.1, 0.15) is 12.5 Å². The first-order chi connectivity index (χ1) is 13.1. The van der Waals surface area contributed by atoms with Gasteiger partial charge in [0.2, 0.25) is 11.8 Å². The highest BCUT2D eigenvalue weighted by atomic mass is 16.2. The SMILES string of the molecule is CC(=O)N1CCc2cc(NC(=O)Cn3cc(-c4ccccc4)nn3)ccc21. The molecule has 1 aromatic heterocycles. The Morgan fingerprint density at radius 1 is 1.15 bits per heavy atom. The van der Waals surface area contributed by atoms with Crippen LogP contribution in [-0.2, 0) is 22.6 Å². The minimum atomic E-state index is -0.180. The van der Waals surface area contributed by atoms with E-state index >= 15 is 0 Å². The largest absolute Gasteiger partial charge is 0.324 e. The molecule has 1 N–H and O–H groups in total. The maximum absolute atomic E-state index is 12.3. The van der Waals surface area contributed by atoms with Crippen molar-refractivity contribution in [2.75, 3.05) is 16.8 Å². The van der Waals surface area contributed by atoms with Crippen LogP contribution >= 0.6 is 0 Å². The number of anilines is 2. The van der Waals surface area contributed by atoms with Crippen LogP contribution in [0.2, 0.25) is 0 Å². The predicted molar refractivity (Wildman–Crippen MR) is 102 cm³/mol. The van der Waals surface area contributed by atoms with Crippen LogP contribution in [0.25, 0.3) is 11.3 Å². The van der Waals surface area contributed by atoms with Gasteiger partial charge in [-0.2, -0.15) is 0 Å². The van der Waals surface area contributed by atoms with E-state index in [4.69, 9.17) is 0 Å². The molecule has 0 saturated heterocycles. The third-order valence-electron chi connectivity index (χ3n) is 4.55. The van der Waals surface area contributed by atoms with Gasteiger partial charge in [0.05, 0.1) is 6.20 Å². The fourth-order valence-corrected chi connectivity index (χ4v) is 3.27. The summed E-state index contributed by atoms with van der Waals surface area (Å²) in [5.74, 6) is -0.146. The summed E-state index contributed by atoms with van der Waals surface area (Å²) in [5, 5.41) is 11.0. The Balaban J connectivity index is 1.42. The average molecular weight is 361 g/mol. The topological polar surface area (TPSA) is 80.1 Å². The van der Waals surface area contributed by atoms with E-state index < -0.39 is 0 Å². The zero-order valence-corrected chi connectivity index (χ0v) is 14.9.